The van der Waals surface area contributed by atoms with E-state index in [0.717, 1.165) is 53.5 Å². The van der Waals surface area contributed by atoms with Crippen LogP contribution < -0.4 is 10.2 Å². The number of carboxylic acid groups (broad SMARTS) is 1. The molecule has 1 unspecified atom stereocenters. The molecule has 2 aromatic heterocycles. The maximum atomic E-state index is 12.5. The number of amides is 2. The summed E-state index contributed by atoms with van der Waals surface area (Å²) in [4.78, 5) is 35.8. The Bertz CT molecular complexity index is 1010. The molecule has 0 spiro atoms. The predicted octanol–water partition coefficient (Wildman–Crippen LogP) is 4.67. The van der Waals surface area contributed by atoms with Crippen molar-refractivity contribution in [3.63, 3.8) is 0 Å². The van der Waals surface area contributed by atoms with Crippen LogP contribution in [0.25, 0.3) is 11.0 Å². The van der Waals surface area contributed by atoms with E-state index in [1.54, 1.807) is 19.4 Å². The smallest absolute Gasteiger partial charge is 0.407 e. The first-order valence-electron chi connectivity index (χ1n) is 10.8. The molecule has 3 heterocycles. The fourth-order valence-electron chi connectivity index (χ4n) is 4.83. The van der Waals surface area contributed by atoms with Gasteiger partial charge in [-0.1, -0.05) is 20.8 Å². The molecule has 2 fully saturated rings. The molecule has 2 aliphatic rings. The normalized spacial score (nSPS) is 21.9. The first-order chi connectivity index (χ1) is 14.6. The van der Waals surface area contributed by atoms with Crippen molar-refractivity contribution in [1.29, 1.82) is 0 Å². The highest BCUT2D eigenvalue weighted by atomic mass is 79.9. The number of rotatable bonds is 4. The van der Waals surface area contributed by atoms with E-state index in [1.165, 1.54) is 4.90 Å². The monoisotopic (exact) mass is 491 g/mol. The van der Waals surface area contributed by atoms with Crippen LogP contribution in [0.5, 0.6) is 0 Å². The first-order valence-corrected chi connectivity index (χ1v) is 11.6. The number of aromatic nitrogens is 2. The summed E-state index contributed by atoms with van der Waals surface area (Å²) in [6, 6.07) is -0.198. The fraction of sp³-hybridized carbons (Fsp3) is 0.591. The van der Waals surface area contributed by atoms with Gasteiger partial charge in [0, 0.05) is 31.9 Å². The Morgan fingerprint density at radius 2 is 2.03 bits per heavy atom. The third-order valence-corrected chi connectivity index (χ3v) is 6.99. The molecule has 1 saturated heterocycles. The van der Waals surface area contributed by atoms with E-state index < -0.39 is 6.09 Å². The Hall–Kier alpha value is -2.29. The van der Waals surface area contributed by atoms with E-state index in [1.807, 2.05) is 0 Å². The molecular formula is C22H30BrN5O3. The number of halogens is 1. The highest BCUT2D eigenvalue weighted by molar-refractivity contribution is 9.10. The van der Waals surface area contributed by atoms with Crippen molar-refractivity contribution in [2.24, 2.45) is 11.3 Å². The molecule has 9 heteroatoms. The van der Waals surface area contributed by atoms with Gasteiger partial charge in [-0.2, -0.15) is 0 Å². The molecule has 0 aromatic carbocycles. The quantitative estimate of drug-likeness (QED) is 0.576. The average molecular weight is 492 g/mol. The lowest BCUT2D eigenvalue weighted by atomic mass is 9.76. The Balaban J connectivity index is 1.83. The maximum Gasteiger partial charge on any atom is 0.407 e. The lowest BCUT2D eigenvalue weighted by Gasteiger charge is -2.51. The summed E-state index contributed by atoms with van der Waals surface area (Å²) in [6.07, 6.45) is 6.20. The molecule has 1 aliphatic carbocycles. The number of likely N-dealkylation sites (N-methyl/N-ethyl adjacent to an activating group) is 1. The number of hydrogen-bond acceptors (Lipinski definition) is 4. The van der Waals surface area contributed by atoms with Crippen LogP contribution in [0.2, 0.25) is 0 Å². The summed E-state index contributed by atoms with van der Waals surface area (Å²) in [7, 11) is 1.66. The number of fused-ring (bicyclic) bond motifs is 1. The number of nitrogens with zero attached hydrogens (tertiary/aromatic N) is 3. The third kappa shape index (κ3) is 4.12. The van der Waals surface area contributed by atoms with Crippen molar-refractivity contribution in [2.45, 2.75) is 58.5 Å². The fourth-order valence-corrected chi connectivity index (χ4v) is 5.36. The van der Waals surface area contributed by atoms with Crippen molar-refractivity contribution in [3.05, 3.63) is 16.9 Å². The van der Waals surface area contributed by atoms with Gasteiger partial charge < -0.3 is 25.2 Å². The number of carbonyl (C=O) groups is 2. The number of anilines is 2. The maximum absolute atomic E-state index is 12.5. The summed E-state index contributed by atoms with van der Waals surface area (Å²) in [6.45, 7) is 7.25. The van der Waals surface area contributed by atoms with Crippen molar-refractivity contribution >= 4 is 50.3 Å². The van der Waals surface area contributed by atoms with Gasteiger partial charge in [0.2, 0.25) is 5.91 Å². The molecule has 1 aliphatic heterocycles. The molecule has 31 heavy (non-hydrogen) atoms. The molecule has 0 bridgehead atoms. The molecular weight excluding hydrogens is 462 g/mol. The number of hydrogen-bond donors (Lipinski definition) is 3. The molecule has 1 saturated carbocycles. The SMILES string of the molecule is CN(C(=O)O)C1CCCN(c2c(Br)cnc3[nH]cc(NC(=O)C4CC4)c23)[C@@H]1C(C)(C)C. The van der Waals surface area contributed by atoms with Crippen molar-refractivity contribution < 1.29 is 14.7 Å². The number of H-pyrrole nitrogens is 1. The van der Waals surface area contributed by atoms with E-state index in [-0.39, 0.29) is 29.3 Å². The van der Waals surface area contributed by atoms with Crippen molar-refractivity contribution in [3.8, 4) is 0 Å². The van der Waals surface area contributed by atoms with Crippen LogP contribution in [0, 0.1) is 11.3 Å². The Morgan fingerprint density at radius 3 is 2.65 bits per heavy atom. The van der Waals surface area contributed by atoms with E-state index in [2.05, 4.69) is 56.9 Å². The van der Waals surface area contributed by atoms with Crippen LogP contribution >= 0.6 is 15.9 Å². The zero-order valence-corrected chi connectivity index (χ0v) is 20.0. The van der Waals surface area contributed by atoms with E-state index in [4.69, 9.17) is 0 Å². The molecule has 8 nitrogen and oxygen atoms in total. The second-order valence-corrected chi connectivity index (χ2v) is 10.6. The van der Waals surface area contributed by atoms with E-state index in [9.17, 15) is 14.7 Å². The van der Waals surface area contributed by atoms with Gasteiger partial charge >= 0.3 is 6.09 Å². The zero-order valence-electron chi connectivity index (χ0n) is 18.4. The molecule has 2 amide bonds. The largest absolute Gasteiger partial charge is 0.465 e. The summed E-state index contributed by atoms with van der Waals surface area (Å²) in [5.41, 5.74) is 2.18. The van der Waals surface area contributed by atoms with Crippen LogP contribution in [-0.2, 0) is 4.79 Å². The standard InChI is InChI=1S/C22H30BrN5O3/c1-22(2,3)18-15(27(4)21(30)31)6-5-9-28(18)17-13(23)10-24-19-16(17)14(11-25-19)26-20(29)12-7-8-12/h10-12,15,18H,5-9H2,1-4H3,(H,24,25)(H,26,29)(H,30,31)/t15?,18-/m0/s1. The van der Waals surface area contributed by atoms with Gasteiger partial charge in [-0.25, -0.2) is 9.78 Å². The minimum absolute atomic E-state index is 0.0429. The topological polar surface area (TPSA) is 102 Å². The highest BCUT2D eigenvalue weighted by Gasteiger charge is 2.44. The van der Waals surface area contributed by atoms with Gasteiger partial charge in [0.1, 0.15) is 5.65 Å². The molecule has 168 valence electrons. The number of aromatic amines is 1. The summed E-state index contributed by atoms with van der Waals surface area (Å²) in [5.74, 6) is 0.140. The van der Waals surface area contributed by atoms with Crippen LogP contribution in [0.4, 0.5) is 16.2 Å². The van der Waals surface area contributed by atoms with Gasteiger partial charge in [-0.05, 0) is 47.0 Å². The van der Waals surface area contributed by atoms with E-state index >= 15 is 0 Å². The Labute approximate surface area is 190 Å². The van der Waals surface area contributed by atoms with Crippen LogP contribution in [0.15, 0.2) is 16.9 Å². The molecule has 0 radical (unpaired) electrons. The van der Waals surface area contributed by atoms with Gasteiger partial charge in [-0.3, -0.25) is 4.79 Å². The van der Waals surface area contributed by atoms with E-state index in [0.29, 0.717) is 5.65 Å². The second kappa shape index (κ2) is 8.00. The Morgan fingerprint density at radius 1 is 1.32 bits per heavy atom. The lowest BCUT2D eigenvalue weighted by molar-refractivity contribution is -0.117. The summed E-state index contributed by atoms with van der Waals surface area (Å²) >= 11 is 3.70. The van der Waals surface area contributed by atoms with Crippen LogP contribution in [0.3, 0.4) is 0 Å². The molecule has 3 N–H and O–H groups in total. The zero-order chi connectivity index (χ0) is 22.5. The van der Waals surface area contributed by atoms with Crippen molar-refractivity contribution in [2.75, 3.05) is 23.8 Å². The molecule has 4 rings (SSSR count). The predicted molar refractivity (Wildman–Crippen MR) is 125 cm³/mol. The lowest BCUT2D eigenvalue weighted by Crippen LogP contribution is -2.61. The minimum atomic E-state index is -0.918. The summed E-state index contributed by atoms with van der Waals surface area (Å²) in [5, 5.41) is 13.6. The van der Waals surface area contributed by atoms with Gasteiger partial charge in [0.05, 0.1) is 33.3 Å². The Kier molecular flexibility index (Phi) is 5.66. The number of carbonyl (C=O) groups excluding carboxylic acids is 1. The van der Waals surface area contributed by atoms with Gasteiger partial charge in [0.15, 0.2) is 0 Å². The van der Waals surface area contributed by atoms with Crippen LogP contribution in [-0.4, -0.2) is 57.7 Å². The molecule has 2 aromatic rings. The highest BCUT2D eigenvalue weighted by Crippen LogP contribution is 2.45. The third-order valence-electron chi connectivity index (χ3n) is 6.41. The minimum Gasteiger partial charge on any atom is -0.465 e. The van der Waals surface area contributed by atoms with Crippen molar-refractivity contribution in [1.82, 2.24) is 14.9 Å². The van der Waals surface area contributed by atoms with Gasteiger partial charge in [0.25, 0.3) is 0 Å². The average Bonchev–Trinajstić information content (AvgIpc) is 3.48. The first kappa shape index (κ1) is 21.9. The molecule has 2 atom stereocenters. The number of piperidine rings is 1. The van der Waals surface area contributed by atoms with Crippen LogP contribution in [0.1, 0.15) is 46.5 Å². The summed E-state index contributed by atoms with van der Waals surface area (Å²) < 4.78 is 0.828. The number of pyridine rings is 1. The number of nitrogens with one attached hydrogen (secondary N) is 2. The second-order valence-electron chi connectivity index (χ2n) is 9.75. The van der Waals surface area contributed by atoms with Gasteiger partial charge in [-0.15, -0.1) is 0 Å².